The monoisotopic (exact) mass is 407 g/mol. The van der Waals surface area contributed by atoms with Gasteiger partial charge in [0.05, 0.1) is 21.3 Å². The Hall–Kier alpha value is -2.70. The quantitative estimate of drug-likeness (QED) is 0.543. The van der Waals surface area contributed by atoms with Crippen LogP contribution >= 0.6 is 23.2 Å². The summed E-state index contributed by atoms with van der Waals surface area (Å²) >= 11 is 12.0. The van der Waals surface area contributed by atoms with E-state index < -0.39 is 5.97 Å². The second-order valence-electron chi connectivity index (χ2n) is 5.42. The molecule has 8 heteroatoms. The maximum atomic E-state index is 12.2. The molecule has 0 unspecified atom stereocenters. The first-order valence-electron chi connectivity index (χ1n) is 7.74. The highest BCUT2D eigenvalue weighted by Gasteiger charge is 2.26. The SMILES string of the molecule is COc1cc(C2=NC(=Cc3ccc(Cl)cc3Cl)C(=O)O2)cc(OC)c1OC. The average Bonchev–Trinajstić information content (AvgIpc) is 3.03. The number of benzene rings is 2. The molecule has 27 heavy (non-hydrogen) atoms. The van der Waals surface area contributed by atoms with Gasteiger partial charge < -0.3 is 18.9 Å². The first-order chi connectivity index (χ1) is 13.0. The fourth-order valence-corrected chi connectivity index (χ4v) is 2.97. The van der Waals surface area contributed by atoms with Gasteiger partial charge in [-0.3, -0.25) is 0 Å². The van der Waals surface area contributed by atoms with Crippen LogP contribution in [0.1, 0.15) is 11.1 Å². The van der Waals surface area contributed by atoms with Crippen molar-refractivity contribution in [1.82, 2.24) is 0 Å². The van der Waals surface area contributed by atoms with Crippen LogP contribution in [0.3, 0.4) is 0 Å². The summed E-state index contributed by atoms with van der Waals surface area (Å²) in [5, 5.41) is 0.900. The molecular weight excluding hydrogens is 393 g/mol. The normalized spacial score (nSPS) is 14.8. The maximum absolute atomic E-state index is 12.2. The minimum absolute atomic E-state index is 0.114. The van der Waals surface area contributed by atoms with Crippen LogP contribution in [0, 0.1) is 0 Å². The molecule has 140 valence electrons. The molecule has 1 aliphatic rings. The van der Waals surface area contributed by atoms with Gasteiger partial charge in [0.15, 0.2) is 17.2 Å². The lowest BCUT2D eigenvalue weighted by Crippen LogP contribution is -2.06. The van der Waals surface area contributed by atoms with Gasteiger partial charge in [0, 0.05) is 15.6 Å². The van der Waals surface area contributed by atoms with E-state index in [4.69, 9.17) is 42.1 Å². The van der Waals surface area contributed by atoms with E-state index in [2.05, 4.69) is 4.99 Å². The lowest BCUT2D eigenvalue weighted by molar-refractivity contribution is -0.129. The summed E-state index contributed by atoms with van der Waals surface area (Å²) in [6.45, 7) is 0. The van der Waals surface area contributed by atoms with Crippen molar-refractivity contribution in [2.24, 2.45) is 4.99 Å². The number of nitrogens with zero attached hydrogens (tertiary/aromatic N) is 1. The van der Waals surface area contributed by atoms with Crippen LogP contribution in [0.4, 0.5) is 0 Å². The zero-order valence-electron chi connectivity index (χ0n) is 14.7. The number of carbonyl (C=O) groups excluding carboxylic acids is 1. The van der Waals surface area contributed by atoms with Crippen LogP contribution in [0.15, 0.2) is 41.0 Å². The summed E-state index contributed by atoms with van der Waals surface area (Å²) in [5.74, 6) is 0.797. The van der Waals surface area contributed by atoms with Gasteiger partial charge in [0.1, 0.15) is 0 Å². The van der Waals surface area contributed by atoms with Gasteiger partial charge in [-0.1, -0.05) is 29.3 Å². The number of ether oxygens (including phenoxy) is 4. The second-order valence-corrected chi connectivity index (χ2v) is 6.26. The number of hydrogen-bond donors (Lipinski definition) is 0. The molecule has 0 atom stereocenters. The molecule has 0 aliphatic carbocycles. The smallest absolute Gasteiger partial charge is 0.363 e. The molecule has 3 rings (SSSR count). The maximum Gasteiger partial charge on any atom is 0.363 e. The lowest BCUT2D eigenvalue weighted by Gasteiger charge is -2.13. The number of carbonyl (C=O) groups is 1. The van der Waals surface area contributed by atoms with Crippen molar-refractivity contribution in [2.75, 3.05) is 21.3 Å². The summed E-state index contributed by atoms with van der Waals surface area (Å²) < 4.78 is 21.2. The first kappa shape index (κ1) is 19.1. The highest BCUT2D eigenvalue weighted by Crippen LogP contribution is 2.39. The molecule has 0 spiro atoms. The van der Waals surface area contributed by atoms with Crippen LogP contribution in [0.25, 0.3) is 6.08 Å². The molecule has 2 aromatic carbocycles. The van der Waals surface area contributed by atoms with Crippen LogP contribution in [-0.2, 0) is 9.53 Å². The van der Waals surface area contributed by atoms with Gasteiger partial charge in [-0.25, -0.2) is 9.79 Å². The van der Waals surface area contributed by atoms with E-state index in [1.165, 1.54) is 27.4 Å². The highest BCUT2D eigenvalue weighted by molar-refractivity contribution is 6.35. The van der Waals surface area contributed by atoms with E-state index >= 15 is 0 Å². The third-order valence-corrected chi connectivity index (χ3v) is 4.35. The summed E-state index contributed by atoms with van der Waals surface area (Å²) in [6.07, 6.45) is 1.53. The van der Waals surface area contributed by atoms with Crippen molar-refractivity contribution in [2.45, 2.75) is 0 Å². The van der Waals surface area contributed by atoms with Gasteiger partial charge in [0.25, 0.3) is 0 Å². The summed E-state index contributed by atoms with van der Waals surface area (Å²) in [6, 6.07) is 8.23. The van der Waals surface area contributed by atoms with Crippen molar-refractivity contribution in [3.63, 3.8) is 0 Å². The van der Waals surface area contributed by atoms with Crippen LogP contribution in [0.2, 0.25) is 10.0 Å². The zero-order valence-corrected chi connectivity index (χ0v) is 16.2. The lowest BCUT2D eigenvalue weighted by atomic mass is 10.1. The summed E-state index contributed by atoms with van der Waals surface area (Å²) in [4.78, 5) is 16.5. The van der Waals surface area contributed by atoms with E-state index in [0.29, 0.717) is 38.4 Å². The van der Waals surface area contributed by atoms with E-state index in [1.807, 2.05) is 0 Å². The molecular formula is C19H15Cl2NO5. The number of halogens is 2. The molecule has 1 heterocycles. The van der Waals surface area contributed by atoms with Crippen molar-refractivity contribution in [1.29, 1.82) is 0 Å². The Bertz CT molecular complexity index is 944. The van der Waals surface area contributed by atoms with Crippen molar-refractivity contribution >= 4 is 41.1 Å². The topological polar surface area (TPSA) is 66.4 Å². The number of esters is 1. The van der Waals surface area contributed by atoms with Gasteiger partial charge in [-0.2, -0.15) is 0 Å². The number of rotatable bonds is 5. The highest BCUT2D eigenvalue weighted by atomic mass is 35.5. The van der Waals surface area contributed by atoms with Crippen LogP contribution in [0.5, 0.6) is 17.2 Å². The molecule has 0 radical (unpaired) electrons. The molecule has 0 aromatic heterocycles. The Morgan fingerprint density at radius 3 is 2.22 bits per heavy atom. The second kappa shape index (κ2) is 7.90. The Balaban J connectivity index is 2.02. The molecule has 0 N–H and O–H groups in total. The molecule has 0 amide bonds. The van der Waals surface area contributed by atoms with Crippen LogP contribution < -0.4 is 14.2 Å². The fourth-order valence-electron chi connectivity index (χ4n) is 2.50. The third kappa shape index (κ3) is 3.86. The molecule has 1 aliphatic heterocycles. The standard InChI is InChI=1S/C19H15Cl2NO5/c1-24-15-7-11(8-16(25-2)17(15)26-3)18-22-14(19(23)27-18)6-10-4-5-12(20)9-13(10)21/h4-9H,1-3H3. The van der Waals surface area contributed by atoms with Gasteiger partial charge in [-0.15, -0.1) is 0 Å². The number of aliphatic imine (C=N–C) groups is 1. The number of cyclic esters (lactones) is 1. The van der Waals surface area contributed by atoms with Gasteiger partial charge in [0.2, 0.25) is 11.6 Å². The van der Waals surface area contributed by atoms with E-state index in [1.54, 1.807) is 30.3 Å². The molecule has 0 bridgehead atoms. The van der Waals surface area contributed by atoms with Gasteiger partial charge in [-0.05, 0) is 35.9 Å². The minimum atomic E-state index is -0.593. The predicted octanol–water partition coefficient (Wildman–Crippen LogP) is 4.36. The Morgan fingerprint density at radius 2 is 1.67 bits per heavy atom. The molecule has 2 aromatic rings. The van der Waals surface area contributed by atoms with Crippen molar-refractivity contribution in [3.8, 4) is 17.2 Å². The minimum Gasteiger partial charge on any atom is -0.493 e. The summed E-state index contributed by atoms with van der Waals surface area (Å²) in [5.41, 5.74) is 1.22. The Labute approximate surface area is 165 Å². The first-order valence-corrected chi connectivity index (χ1v) is 8.50. The van der Waals surface area contributed by atoms with Crippen molar-refractivity contribution in [3.05, 3.63) is 57.2 Å². The number of hydrogen-bond acceptors (Lipinski definition) is 6. The molecule has 0 saturated heterocycles. The van der Waals surface area contributed by atoms with Gasteiger partial charge >= 0.3 is 5.97 Å². The summed E-state index contributed by atoms with van der Waals surface area (Å²) in [7, 11) is 4.50. The Kier molecular flexibility index (Phi) is 5.58. The third-order valence-electron chi connectivity index (χ3n) is 3.79. The molecule has 0 saturated carbocycles. The average molecular weight is 408 g/mol. The largest absolute Gasteiger partial charge is 0.493 e. The van der Waals surface area contributed by atoms with E-state index in [9.17, 15) is 4.79 Å². The molecule has 6 nitrogen and oxygen atoms in total. The Morgan fingerprint density at radius 1 is 1.00 bits per heavy atom. The number of methoxy groups -OCH3 is 3. The van der Waals surface area contributed by atoms with Crippen molar-refractivity contribution < 1.29 is 23.7 Å². The molecule has 0 fully saturated rings. The zero-order chi connectivity index (χ0) is 19.6. The fraction of sp³-hybridized carbons (Fsp3) is 0.158. The van der Waals surface area contributed by atoms with E-state index in [0.717, 1.165) is 0 Å². The predicted molar refractivity (Wildman–Crippen MR) is 103 cm³/mol. The van der Waals surface area contributed by atoms with Crippen LogP contribution in [-0.4, -0.2) is 33.2 Å². The van der Waals surface area contributed by atoms with E-state index in [-0.39, 0.29) is 11.6 Å².